The van der Waals surface area contributed by atoms with Crippen molar-refractivity contribution in [1.82, 2.24) is 8.80 Å². The van der Waals surface area contributed by atoms with E-state index in [1.54, 1.807) is 48.5 Å². The van der Waals surface area contributed by atoms with Crippen molar-refractivity contribution in [3.05, 3.63) is 205 Å². The quantitative estimate of drug-likeness (QED) is 0.166. The molecule has 0 bridgehead atoms. The molecular weight excluding hydrogens is 801 g/mol. The van der Waals surface area contributed by atoms with E-state index in [1.165, 1.54) is 11.1 Å². The number of fused-ring (bicyclic) bond motifs is 12. The van der Waals surface area contributed by atoms with Gasteiger partial charge in [0.1, 0.15) is 0 Å². The summed E-state index contributed by atoms with van der Waals surface area (Å²) >= 11 is 0. The van der Waals surface area contributed by atoms with Gasteiger partial charge in [-0.25, -0.2) is 0 Å². The highest BCUT2D eigenvalue weighted by Crippen LogP contribution is 2.52. The molecule has 0 N–H and O–H groups in total. The zero-order valence-corrected chi connectivity index (χ0v) is 37.8. The van der Waals surface area contributed by atoms with Gasteiger partial charge in [0.25, 0.3) is 0 Å². The van der Waals surface area contributed by atoms with Gasteiger partial charge in [0.05, 0.1) is 52.7 Å². The predicted molar refractivity (Wildman–Crippen MR) is 283 cm³/mol. The van der Waals surface area contributed by atoms with E-state index in [4.69, 9.17) is 5.48 Å². The van der Waals surface area contributed by atoms with Crippen LogP contribution in [0.1, 0.15) is 60.9 Å². The maximum Gasteiger partial charge on any atom is 0.0653 e. The molecule has 0 spiro atoms. The second kappa shape index (κ2) is 13.8. The monoisotopic (exact) mass is 856 g/mol. The molecule has 9 aromatic carbocycles. The van der Waals surface area contributed by atoms with E-state index < -0.39 is 0 Å². The Morgan fingerprint density at radius 2 is 0.697 bits per heavy atom. The van der Waals surface area contributed by atoms with Crippen molar-refractivity contribution >= 4 is 110 Å². The highest BCUT2D eigenvalue weighted by atomic mass is 15.2. The molecule has 0 aliphatic heterocycles. The van der Waals surface area contributed by atoms with Crippen LogP contribution in [0.5, 0.6) is 0 Å². The first-order valence-corrected chi connectivity index (χ1v) is 22.8. The molecular formula is C62H50N4. The number of para-hydroxylation sites is 4. The van der Waals surface area contributed by atoms with Gasteiger partial charge in [-0.05, 0) is 119 Å². The second-order valence-corrected chi connectivity index (χ2v) is 19.7. The molecule has 0 unspecified atom stereocenters. The van der Waals surface area contributed by atoms with Gasteiger partial charge in [-0.15, -0.1) is 0 Å². The fourth-order valence-electron chi connectivity index (χ4n) is 10.6. The lowest BCUT2D eigenvalue weighted by Crippen LogP contribution is -2.11. The summed E-state index contributed by atoms with van der Waals surface area (Å²) in [5, 5.41) is 7.31. The van der Waals surface area contributed by atoms with E-state index in [-0.39, 0.29) is 10.8 Å². The van der Waals surface area contributed by atoms with E-state index in [1.807, 2.05) is 48.5 Å². The first-order valence-electron chi connectivity index (χ1n) is 25.8. The molecule has 0 fully saturated rings. The minimum atomic E-state index is -0.154. The number of hydrogen-bond acceptors (Lipinski definition) is 2. The van der Waals surface area contributed by atoms with Crippen molar-refractivity contribution in [2.24, 2.45) is 0 Å². The van der Waals surface area contributed by atoms with Gasteiger partial charge in [0, 0.05) is 65.8 Å². The Labute approximate surface area is 393 Å². The third-order valence-electron chi connectivity index (χ3n) is 13.8. The van der Waals surface area contributed by atoms with Crippen molar-refractivity contribution < 1.29 is 8.22 Å². The fourth-order valence-corrected chi connectivity index (χ4v) is 10.6. The maximum absolute atomic E-state index is 10.6. The SMILES string of the molecule is [2H]c1ccc(N(c2ccc([2H])cc2)c2ccc3c4c([2H])c5c(c([2H])c4n4c6ccc(C(C)(C)C)cc6c2c34)c2ccc(N(c3ccc([2H])cc3)c3ccc([2H])cc3)c3c4cc(C(C)(C)C)ccc4n5c23)cc1. The Kier molecular flexibility index (Phi) is 6.87. The summed E-state index contributed by atoms with van der Waals surface area (Å²) in [6.45, 7) is 13.4. The Hall–Kier alpha value is -7.82. The lowest BCUT2D eigenvalue weighted by molar-refractivity contribution is 0.591. The predicted octanol–water partition coefficient (Wildman–Crippen LogP) is 17.5. The standard InChI is InChI=1S/C62H50N4/c1-61(2,3)39-27-31-51-49(35-39)57-53(63(41-19-11-7-12-20-41)42-21-13-8-14-22-42)33-29-45-47-38-56-48(37-55(47)65(51)59(45)57)46-30-34-54(64(43-23-15-9-16-24-43)44-25-17-10-18-26-44)58-50-36-40(62(4,5)6)28-32-52(50)66(56)60(46)58/h7-38H,1-6H3/i7D,8D,9D,10D,37D,38D. The summed E-state index contributed by atoms with van der Waals surface area (Å²) in [7, 11) is 0. The molecule has 4 nitrogen and oxygen atoms in total. The van der Waals surface area contributed by atoms with E-state index >= 15 is 0 Å². The van der Waals surface area contributed by atoms with Crippen molar-refractivity contribution in [1.29, 1.82) is 0 Å². The van der Waals surface area contributed by atoms with Crippen LogP contribution in [0, 0.1) is 0 Å². The Bertz CT molecular complexity index is 3960. The van der Waals surface area contributed by atoms with Crippen LogP contribution < -0.4 is 9.80 Å². The van der Waals surface area contributed by atoms with Crippen LogP contribution in [-0.2, 0) is 10.8 Å². The van der Waals surface area contributed by atoms with Crippen LogP contribution in [0.4, 0.5) is 34.1 Å². The number of benzene rings is 9. The summed E-state index contributed by atoms with van der Waals surface area (Å²) in [4.78, 5) is 4.40. The van der Waals surface area contributed by atoms with Gasteiger partial charge >= 0.3 is 0 Å². The number of hydrogen-bond donors (Lipinski definition) is 0. The van der Waals surface area contributed by atoms with Crippen LogP contribution in [-0.4, -0.2) is 8.80 Å². The normalized spacial score (nSPS) is 14.0. The van der Waals surface area contributed by atoms with Gasteiger partial charge in [0.2, 0.25) is 0 Å². The van der Waals surface area contributed by atoms with E-state index in [9.17, 15) is 2.74 Å². The van der Waals surface area contributed by atoms with Crippen LogP contribution in [0.2, 0.25) is 0 Å². The Morgan fingerprint density at radius 1 is 0.364 bits per heavy atom. The zero-order chi connectivity index (χ0) is 49.9. The smallest absolute Gasteiger partial charge is 0.0653 e. The van der Waals surface area contributed by atoms with Crippen LogP contribution in [0.25, 0.3) is 76.2 Å². The molecule has 0 saturated heterocycles. The molecule has 4 heteroatoms. The van der Waals surface area contributed by atoms with Gasteiger partial charge in [-0.1, -0.05) is 139 Å². The van der Waals surface area contributed by atoms with E-state index in [0.29, 0.717) is 47.3 Å². The van der Waals surface area contributed by atoms with Gasteiger partial charge in [-0.3, -0.25) is 0 Å². The summed E-state index contributed by atoms with van der Waals surface area (Å²) in [6, 6.07) is 54.4. The third-order valence-corrected chi connectivity index (χ3v) is 13.8. The van der Waals surface area contributed by atoms with Crippen LogP contribution >= 0.6 is 0 Å². The topological polar surface area (TPSA) is 15.3 Å². The number of rotatable bonds is 6. The molecule has 0 atom stereocenters. The first kappa shape index (κ1) is 32.8. The molecule has 4 aromatic heterocycles. The maximum atomic E-state index is 10.6. The average Bonchev–Trinajstić information content (AvgIpc) is 4.09. The highest BCUT2D eigenvalue weighted by Gasteiger charge is 2.29. The molecule has 0 aliphatic rings. The molecule has 13 aromatic rings. The molecule has 13 rings (SSSR count). The third kappa shape index (κ3) is 5.51. The largest absolute Gasteiger partial charge is 0.310 e. The summed E-state index contributed by atoms with van der Waals surface area (Å²) in [5.41, 5.74) is 12.5. The fraction of sp³-hybridized carbons (Fsp3) is 0.129. The summed E-state index contributed by atoms with van der Waals surface area (Å²) in [6.07, 6.45) is 0. The minimum Gasteiger partial charge on any atom is -0.310 e. The van der Waals surface area contributed by atoms with Crippen LogP contribution in [0.15, 0.2) is 194 Å². The lowest BCUT2D eigenvalue weighted by atomic mass is 9.86. The molecule has 0 aliphatic carbocycles. The Morgan fingerprint density at radius 3 is 1.02 bits per heavy atom. The molecule has 0 radical (unpaired) electrons. The zero-order valence-electron chi connectivity index (χ0n) is 43.8. The van der Waals surface area contributed by atoms with Gasteiger partial charge < -0.3 is 18.6 Å². The van der Waals surface area contributed by atoms with Crippen LogP contribution in [0.3, 0.4) is 0 Å². The van der Waals surface area contributed by atoms with Crippen molar-refractivity contribution in [3.8, 4) is 0 Å². The summed E-state index contributed by atoms with van der Waals surface area (Å²) in [5.74, 6) is 0. The van der Waals surface area contributed by atoms with Gasteiger partial charge in [0.15, 0.2) is 0 Å². The molecule has 0 amide bonds. The molecule has 0 saturated carbocycles. The van der Waals surface area contributed by atoms with E-state index in [0.717, 1.165) is 99.3 Å². The number of nitrogens with zero attached hydrogens (tertiary/aromatic N) is 4. The first-order chi connectivity index (χ1) is 34.5. The second-order valence-electron chi connectivity index (χ2n) is 19.7. The number of aromatic nitrogens is 2. The Balaban J connectivity index is 1.19. The molecule has 66 heavy (non-hydrogen) atoms. The minimum absolute atomic E-state index is 0.154. The molecule has 4 heterocycles. The van der Waals surface area contributed by atoms with Gasteiger partial charge in [-0.2, -0.15) is 0 Å². The highest BCUT2D eigenvalue weighted by molar-refractivity contribution is 6.32. The molecule has 318 valence electrons. The van der Waals surface area contributed by atoms with Crippen molar-refractivity contribution in [3.63, 3.8) is 0 Å². The van der Waals surface area contributed by atoms with E-state index in [2.05, 4.69) is 121 Å². The summed E-state index contributed by atoms with van der Waals surface area (Å²) < 4.78 is 59.1. The van der Waals surface area contributed by atoms with Crippen molar-refractivity contribution in [2.75, 3.05) is 9.80 Å². The average molecular weight is 857 g/mol. The van der Waals surface area contributed by atoms with Crippen molar-refractivity contribution in [2.45, 2.75) is 52.4 Å². The lowest BCUT2D eigenvalue weighted by Gasteiger charge is -2.26. The number of anilines is 6.